The number of esters is 1. The molecule has 1 aromatic rings. The second-order valence-corrected chi connectivity index (χ2v) is 8.00. The smallest absolute Gasteiger partial charge is 0.416 e. The van der Waals surface area contributed by atoms with E-state index in [1.807, 2.05) is 0 Å². The Morgan fingerprint density at radius 1 is 1.13 bits per heavy atom. The Bertz CT molecular complexity index is 772. The zero-order valence-corrected chi connectivity index (χ0v) is 17.0. The molecule has 1 fully saturated rings. The molecule has 0 radical (unpaired) electrons. The van der Waals surface area contributed by atoms with Crippen molar-refractivity contribution in [1.29, 1.82) is 0 Å². The lowest BCUT2D eigenvalue weighted by Gasteiger charge is -2.33. The van der Waals surface area contributed by atoms with Gasteiger partial charge in [0.05, 0.1) is 11.5 Å². The van der Waals surface area contributed by atoms with Crippen LogP contribution in [0.2, 0.25) is 0 Å². The molecule has 1 heterocycles. The van der Waals surface area contributed by atoms with E-state index in [0.717, 1.165) is 24.3 Å². The molecule has 0 aliphatic carbocycles. The summed E-state index contributed by atoms with van der Waals surface area (Å²) in [6.07, 6.45) is -3.87. The molecular weight excluding hydrogens is 405 g/mol. The van der Waals surface area contributed by atoms with Gasteiger partial charge in [0, 0.05) is 18.8 Å². The molecule has 0 bridgehead atoms. The summed E-state index contributed by atoms with van der Waals surface area (Å²) in [4.78, 5) is 37.8. The van der Waals surface area contributed by atoms with Crippen molar-refractivity contribution < 1.29 is 37.0 Å². The Kier molecular flexibility index (Phi) is 7.33. The summed E-state index contributed by atoms with van der Waals surface area (Å²) in [6, 6.07) is 3.91. The Morgan fingerprint density at radius 2 is 1.77 bits per heavy atom. The van der Waals surface area contributed by atoms with Crippen LogP contribution in [0.1, 0.15) is 39.2 Å². The van der Waals surface area contributed by atoms with Crippen molar-refractivity contribution in [2.24, 2.45) is 5.92 Å². The average molecular weight is 430 g/mol. The van der Waals surface area contributed by atoms with Crippen molar-refractivity contribution in [3.63, 3.8) is 0 Å². The lowest BCUT2D eigenvalue weighted by molar-refractivity contribution is -0.153. The highest BCUT2D eigenvalue weighted by Crippen LogP contribution is 2.29. The van der Waals surface area contributed by atoms with E-state index < -0.39 is 47.8 Å². The van der Waals surface area contributed by atoms with Crippen LogP contribution in [-0.4, -0.2) is 48.2 Å². The molecule has 0 saturated carbocycles. The summed E-state index contributed by atoms with van der Waals surface area (Å²) in [5.41, 5.74) is -1.34. The van der Waals surface area contributed by atoms with Crippen molar-refractivity contribution in [1.82, 2.24) is 4.90 Å². The first-order valence-corrected chi connectivity index (χ1v) is 9.47. The number of benzene rings is 1. The molecule has 1 saturated heterocycles. The van der Waals surface area contributed by atoms with Gasteiger partial charge in [0.25, 0.3) is 5.91 Å². The topological polar surface area (TPSA) is 84.9 Å². The van der Waals surface area contributed by atoms with Crippen LogP contribution < -0.4 is 5.32 Å². The monoisotopic (exact) mass is 430 g/mol. The van der Waals surface area contributed by atoms with Gasteiger partial charge in [-0.2, -0.15) is 13.2 Å². The first kappa shape index (κ1) is 23.5. The largest absolute Gasteiger partial charge is 0.455 e. The summed E-state index contributed by atoms with van der Waals surface area (Å²) >= 11 is 0. The summed E-state index contributed by atoms with van der Waals surface area (Å²) in [6.45, 7) is 5.26. The summed E-state index contributed by atoms with van der Waals surface area (Å²) in [7, 11) is 0. The van der Waals surface area contributed by atoms with Gasteiger partial charge in [0.15, 0.2) is 6.61 Å². The first-order valence-electron chi connectivity index (χ1n) is 9.47. The average Bonchev–Trinajstić information content (AvgIpc) is 2.64. The number of rotatable bonds is 4. The zero-order valence-electron chi connectivity index (χ0n) is 17.0. The first-order chi connectivity index (χ1) is 13.8. The molecule has 1 N–H and O–H groups in total. The molecule has 0 aromatic heterocycles. The summed E-state index contributed by atoms with van der Waals surface area (Å²) in [5, 5.41) is 2.36. The van der Waals surface area contributed by atoms with Gasteiger partial charge in [-0.25, -0.2) is 4.79 Å². The second kappa shape index (κ2) is 9.36. The quantitative estimate of drug-likeness (QED) is 0.734. The number of anilines is 1. The zero-order chi connectivity index (χ0) is 22.5. The van der Waals surface area contributed by atoms with E-state index in [1.54, 1.807) is 20.8 Å². The fourth-order valence-electron chi connectivity index (χ4n) is 2.86. The molecular formula is C20H25F3N2O5. The standard InChI is InChI=1S/C20H25F3N2O5/c1-19(2,3)30-18(28)25-10-4-5-13(11-25)17(27)29-12-16(26)24-15-8-6-14(7-9-15)20(21,22)23/h6-9,13H,4-5,10-12H2,1-3H3,(H,24,26). The van der Waals surface area contributed by atoms with Gasteiger partial charge in [-0.3, -0.25) is 9.59 Å². The van der Waals surface area contributed by atoms with E-state index in [4.69, 9.17) is 9.47 Å². The Morgan fingerprint density at radius 3 is 2.33 bits per heavy atom. The third-order valence-electron chi connectivity index (χ3n) is 4.25. The highest BCUT2D eigenvalue weighted by molar-refractivity contribution is 5.93. The highest BCUT2D eigenvalue weighted by Gasteiger charge is 2.32. The lowest BCUT2D eigenvalue weighted by atomic mass is 9.98. The second-order valence-electron chi connectivity index (χ2n) is 8.00. The SMILES string of the molecule is CC(C)(C)OC(=O)N1CCCC(C(=O)OCC(=O)Nc2ccc(C(F)(F)F)cc2)C1. The fraction of sp³-hybridized carbons (Fsp3) is 0.550. The number of halogens is 3. The van der Waals surface area contributed by atoms with Crippen LogP contribution >= 0.6 is 0 Å². The molecule has 2 rings (SSSR count). The van der Waals surface area contributed by atoms with E-state index >= 15 is 0 Å². The van der Waals surface area contributed by atoms with Crippen molar-refractivity contribution in [2.45, 2.75) is 45.4 Å². The number of nitrogens with zero attached hydrogens (tertiary/aromatic N) is 1. The predicted molar refractivity (Wildman–Crippen MR) is 102 cm³/mol. The summed E-state index contributed by atoms with van der Waals surface area (Å²) in [5.74, 6) is -1.88. The number of alkyl halides is 3. The third kappa shape index (κ3) is 7.23. The molecule has 1 aliphatic rings. The number of piperidine rings is 1. The van der Waals surface area contributed by atoms with Crippen LogP contribution in [0.3, 0.4) is 0 Å². The van der Waals surface area contributed by atoms with E-state index in [-0.39, 0.29) is 12.2 Å². The van der Waals surface area contributed by atoms with Gasteiger partial charge in [0.2, 0.25) is 0 Å². The van der Waals surface area contributed by atoms with Gasteiger partial charge in [-0.15, -0.1) is 0 Å². The Labute approximate surface area is 172 Å². The molecule has 7 nitrogen and oxygen atoms in total. The normalized spacial score (nSPS) is 17.3. The van der Waals surface area contributed by atoms with Crippen molar-refractivity contribution in [3.8, 4) is 0 Å². The minimum atomic E-state index is -4.47. The predicted octanol–water partition coefficient (Wildman–Crippen LogP) is 3.83. The molecule has 1 atom stereocenters. The number of ether oxygens (including phenoxy) is 2. The van der Waals surface area contributed by atoms with E-state index in [1.165, 1.54) is 4.90 Å². The maximum atomic E-state index is 12.5. The molecule has 1 unspecified atom stereocenters. The van der Waals surface area contributed by atoms with Gasteiger partial charge in [-0.1, -0.05) is 0 Å². The number of hydrogen-bond acceptors (Lipinski definition) is 5. The molecule has 0 spiro atoms. The fourth-order valence-corrected chi connectivity index (χ4v) is 2.86. The van der Waals surface area contributed by atoms with Crippen LogP contribution in [0.15, 0.2) is 24.3 Å². The molecule has 10 heteroatoms. The maximum Gasteiger partial charge on any atom is 0.416 e. The molecule has 1 aromatic carbocycles. The van der Waals surface area contributed by atoms with E-state index in [2.05, 4.69) is 5.32 Å². The minimum absolute atomic E-state index is 0.133. The van der Waals surface area contributed by atoms with Crippen molar-refractivity contribution in [3.05, 3.63) is 29.8 Å². The molecule has 2 amide bonds. The Hall–Kier alpha value is -2.78. The number of amides is 2. The van der Waals surface area contributed by atoms with Gasteiger partial charge < -0.3 is 19.7 Å². The van der Waals surface area contributed by atoms with Crippen molar-refractivity contribution in [2.75, 3.05) is 25.0 Å². The third-order valence-corrected chi connectivity index (χ3v) is 4.25. The van der Waals surface area contributed by atoms with Crippen molar-refractivity contribution >= 4 is 23.7 Å². The van der Waals surface area contributed by atoms with Crippen LogP contribution in [0.4, 0.5) is 23.7 Å². The van der Waals surface area contributed by atoms with Crippen LogP contribution in [0, 0.1) is 5.92 Å². The maximum absolute atomic E-state index is 12.5. The van der Waals surface area contributed by atoms with Gasteiger partial charge >= 0.3 is 18.2 Å². The summed E-state index contributed by atoms with van der Waals surface area (Å²) < 4.78 is 48.0. The molecule has 166 valence electrons. The number of likely N-dealkylation sites (tertiary alicyclic amines) is 1. The van der Waals surface area contributed by atoms with Crippen LogP contribution in [-0.2, 0) is 25.2 Å². The molecule has 30 heavy (non-hydrogen) atoms. The number of nitrogens with one attached hydrogen (secondary N) is 1. The Balaban J connectivity index is 1.81. The van der Waals surface area contributed by atoms with E-state index in [0.29, 0.717) is 19.4 Å². The highest BCUT2D eigenvalue weighted by atomic mass is 19.4. The number of carbonyl (C=O) groups is 3. The van der Waals surface area contributed by atoms with Gasteiger partial charge in [-0.05, 0) is 57.9 Å². The molecule has 1 aliphatic heterocycles. The van der Waals surface area contributed by atoms with Crippen LogP contribution in [0.5, 0.6) is 0 Å². The van der Waals surface area contributed by atoms with Gasteiger partial charge in [0.1, 0.15) is 5.60 Å². The number of hydrogen-bond donors (Lipinski definition) is 1. The van der Waals surface area contributed by atoms with Crippen LogP contribution in [0.25, 0.3) is 0 Å². The number of carbonyl (C=O) groups excluding carboxylic acids is 3. The minimum Gasteiger partial charge on any atom is -0.455 e. The van der Waals surface area contributed by atoms with E-state index in [9.17, 15) is 27.6 Å². The lowest BCUT2D eigenvalue weighted by Crippen LogP contribution is -2.45.